The van der Waals surface area contributed by atoms with Gasteiger partial charge in [-0.3, -0.25) is 4.79 Å². The van der Waals surface area contributed by atoms with E-state index >= 15 is 0 Å². The molecule has 0 saturated heterocycles. The first-order valence-electron chi connectivity index (χ1n) is 7.66. The number of hydrogen-bond acceptors (Lipinski definition) is 3. The Morgan fingerprint density at radius 3 is 2.52 bits per heavy atom. The first kappa shape index (κ1) is 16.7. The van der Waals surface area contributed by atoms with Crippen molar-refractivity contribution in [1.29, 1.82) is 0 Å². The first-order chi connectivity index (χ1) is 11.1. The summed E-state index contributed by atoms with van der Waals surface area (Å²) in [5.41, 5.74) is 5.78. The van der Waals surface area contributed by atoms with Crippen molar-refractivity contribution in [3.05, 3.63) is 65.2 Å². The molecule has 0 aliphatic carbocycles. The van der Waals surface area contributed by atoms with E-state index in [9.17, 15) is 4.79 Å². The highest BCUT2D eigenvalue weighted by molar-refractivity contribution is 5.84. The van der Waals surface area contributed by atoms with Crippen molar-refractivity contribution in [2.75, 3.05) is 6.61 Å². The maximum atomic E-state index is 11.7. The lowest BCUT2D eigenvalue weighted by molar-refractivity contribution is -0.123. The van der Waals surface area contributed by atoms with Gasteiger partial charge in [-0.15, -0.1) is 0 Å². The molecule has 0 unspecified atom stereocenters. The Hall–Kier alpha value is -2.62. The second-order valence-electron chi connectivity index (χ2n) is 5.66. The minimum atomic E-state index is -0.289. The van der Waals surface area contributed by atoms with E-state index in [0.29, 0.717) is 11.7 Å². The highest BCUT2D eigenvalue weighted by Gasteiger charge is 2.03. The number of nitrogens with zero attached hydrogens (tertiary/aromatic N) is 1. The summed E-state index contributed by atoms with van der Waals surface area (Å²) in [5.74, 6) is 0.860. The molecule has 2 rings (SSSR count). The van der Waals surface area contributed by atoms with Crippen molar-refractivity contribution in [3.63, 3.8) is 0 Å². The second-order valence-corrected chi connectivity index (χ2v) is 5.66. The van der Waals surface area contributed by atoms with Gasteiger partial charge < -0.3 is 4.74 Å². The van der Waals surface area contributed by atoms with Crippen LogP contribution in [-0.2, 0) is 4.79 Å². The fourth-order valence-corrected chi connectivity index (χ4v) is 2.04. The van der Waals surface area contributed by atoms with Crippen molar-refractivity contribution in [3.8, 4) is 5.75 Å². The van der Waals surface area contributed by atoms with Crippen molar-refractivity contribution in [1.82, 2.24) is 5.43 Å². The number of nitrogens with one attached hydrogen (secondary N) is 1. The van der Waals surface area contributed by atoms with Crippen molar-refractivity contribution >= 4 is 12.1 Å². The van der Waals surface area contributed by atoms with Crippen LogP contribution in [-0.4, -0.2) is 18.7 Å². The van der Waals surface area contributed by atoms with E-state index in [1.807, 2.05) is 55.5 Å². The fraction of sp³-hybridized carbons (Fsp3) is 0.263. The maximum absolute atomic E-state index is 11.7. The van der Waals surface area contributed by atoms with Gasteiger partial charge in [0.25, 0.3) is 5.91 Å². The number of ether oxygens (including phenoxy) is 1. The molecule has 0 aliphatic heterocycles. The number of amides is 1. The fourth-order valence-electron chi connectivity index (χ4n) is 2.04. The van der Waals surface area contributed by atoms with Crippen LogP contribution in [0, 0.1) is 6.92 Å². The van der Waals surface area contributed by atoms with E-state index in [1.165, 1.54) is 5.56 Å². The Bertz CT molecular complexity index is 676. The topological polar surface area (TPSA) is 50.7 Å². The van der Waals surface area contributed by atoms with E-state index in [4.69, 9.17) is 4.74 Å². The van der Waals surface area contributed by atoms with Gasteiger partial charge in [0.1, 0.15) is 5.75 Å². The number of benzene rings is 2. The molecule has 0 fully saturated rings. The van der Waals surface area contributed by atoms with Gasteiger partial charge in [-0.1, -0.05) is 50.2 Å². The smallest absolute Gasteiger partial charge is 0.277 e. The Morgan fingerprint density at radius 1 is 1.17 bits per heavy atom. The minimum absolute atomic E-state index is 0.0634. The zero-order valence-electron chi connectivity index (χ0n) is 13.7. The third-order valence-corrected chi connectivity index (χ3v) is 3.50. The molecule has 2 aromatic carbocycles. The monoisotopic (exact) mass is 310 g/mol. The Labute approximate surface area is 137 Å². The van der Waals surface area contributed by atoms with Crippen LogP contribution in [0.25, 0.3) is 0 Å². The lowest BCUT2D eigenvalue weighted by Crippen LogP contribution is -2.24. The summed E-state index contributed by atoms with van der Waals surface area (Å²) >= 11 is 0. The van der Waals surface area contributed by atoms with Crippen LogP contribution in [0.3, 0.4) is 0 Å². The normalized spacial score (nSPS) is 11.0. The summed E-state index contributed by atoms with van der Waals surface area (Å²) in [6.07, 6.45) is 1.63. The predicted molar refractivity (Wildman–Crippen MR) is 92.9 cm³/mol. The van der Waals surface area contributed by atoms with Gasteiger partial charge in [0.15, 0.2) is 6.61 Å². The molecule has 2 aromatic rings. The van der Waals surface area contributed by atoms with Gasteiger partial charge in [0, 0.05) is 0 Å². The molecule has 0 atom stereocenters. The largest absolute Gasteiger partial charge is 0.484 e. The standard InChI is InChI=1S/C19H22N2O2/c1-14(2)16-8-10-18(11-9-16)23-13-19(22)21-20-12-17-7-5-4-6-15(17)3/h4-12,14H,13H2,1-3H3,(H,21,22)/b20-12+. The van der Waals surface area contributed by atoms with Gasteiger partial charge in [0.05, 0.1) is 6.21 Å². The number of aryl methyl sites for hydroxylation is 1. The molecular weight excluding hydrogens is 288 g/mol. The molecule has 0 radical (unpaired) electrons. The quantitative estimate of drug-likeness (QED) is 0.654. The van der Waals surface area contributed by atoms with Crippen LogP contribution in [0.15, 0.2) is 53.6 Å². The molecule has 0 aromatic heterocycles. The number of carbonyl (C=O) groups is 1. The minimum Gasteiger partial charge on any atom is -0.484 e. The highest BCUT2D eigenvalue weighted by atomic mass is 16.5. The van der Waals surface area contributed by atoms with Crippen LogP contribution in [0.5, 0.6) is 5.75 Å². The van der Waals surface area contributed by atoms with Crippen LogP contribution >= 0.6 is 0 Å². The molecule has 4 heteroatoms. The first-order valence-corrected chi connectivity index (χ1v) is 7.66. The van der Waals surface area contributed by atoms with Gasteiger partial charge >= 0.3 is 0 Å². The maximum Gasteiger partial charge on any atom is 0.277 e. The molecule has 0 bridgehead atoms. The summed E-state index contributed by atoms with van der Waals surface area (Å²) in [4.78, 5) is 11.7. The summed E-state index contributed by atoms with van der Waals surface area (Å²) in [7, 11) is 0. The van der Waals surface area contributed by atoms with Gasteiger partial charge in [-0.25, -0.2) is 5.43 Å². The third-order valence-electron chi connectivity index (χ3n) is 3.50. The summed E-state index contributed by atoms with van der Waals surface area (Å²) in [6, 6.07) is 15.6. The van der Waals surface area contributed by atoms with Gasteiger partial charge in [-0.2, -0.15) is 5.10 Å². The number of carbonyl (C=O) groups excluding carboxylic acids is 1. The van der Waals surface area contributed by atoms with E-state index in [2.05, 4.69) is 24.4 Å². The highest BCUT2D eigenvalue weighted by Crippen LogP contribution is 2.18. The van der Waals surface area contributed by atoms with E-state index in [-0.39, 0.29) is 12.5 Å². The van der Waals surface area contributed by atoms with Crippen LogP contribution in [0.1, 0.15) is 36.5 Å². The number of rotatable bonds is 6. The summed E-state index contributed by atoms with van der Waals surface area (Å²) in [5, 5.41) is 3.95. The summed E-state index contributed by atoms with van der Waals surface area (Å²) < 4.78 is 5.44. The lowest BCUT2D eigenvalue weighted by Gasteiger charge is -2.08. The van der Waals surface area contributed by atoms with Crippen molar-refractivity contribution in [2.24, 2.45) is 5.10 Å². The Morgan fingerprint density at radius 2 is 1.87 bits per heavy atom. The summed E-state index contributed by atoms with van der Waals surface area (Å²) in [6.45, 7) is 6.20. The molecule has 0 saturated carbocycles. The van der Waals surface area contributed by atoms with E-state index in [1.54, 1.807) is 6.21 Å². The average molecular weight is 310 g/mol. The zero-order valence-corrected chi connectivity index (χ0v) is 13.7. The van der Waals surface area contributed by atoms with E-state index < -0.39 is 0 Å². The molecule has 0 heterocycles. The molecule has 1 N–H and O–H groups in total. The molecule has 0 spiro atoms. The van der Waals surface area contributed by atoms with Crippen LogP contribution in [0.2, 0.25) is 0 Å². The molecule has 23 heavy (non-hydrogen) atoms. The average Bonchev–Trinajstić information content (AvgIpc) is 2.55. The number of hydrogen-bond donors (Lipinski definition) is 1. The molecule has 0 aliphatic rings. The van der Waals surface area contributed by atoms with Crippen LogP contribution in [0.4, 0.5) is 0 Å². The molecule has 120 valence electrons. The Kier molecular flexibility index (Phi) is 5.92. The Balaban J connectivity index is 1.80. The van der Waals surface area contributed by atoms with Gasteiger partial charge in [0.2, 0.25) is 0 Å². The third kappa shape index (κ3) is 5.25. The predicted octanol–water partition coefficient (Wildman–Crippen LogP) is 3.65. The van der Waals surface area contributed by atoms with Crippen LogP contribution < -0.4 is 10.2 Å². The second kappa shape index (κ2) is 8.13. The molecule has 1 amide bonds. The molecule has 4 nitrogen and oxygen atoms in total. The SMILES string of the molecule is Cc1ccccc1/C=N/NC(=O)COc1ccc(C(C)C)cc1. The van der Waals surface area contributed by atoms with Gasteiger partial charge in [-0.05, 0) is 41.7 Å². The van der Waals surface area contributed by atoms with Crippen molar-refractivity contribution < 1.29 is 9.53 Å². The molecular formula is C19H22N2O2. The lowest BCUT2D eigenvalue weighted by atomic mass is 10.0. The number of hydrazone groups is 1. The zero-order chi connectivity index (χ0) is 16.7. The van der Waals surface area contributed by atoms with Crippen molar-refractivity contribution in [2.45, 2.75) is 26.7 Å². The van der Waals surface area contributed by atoms with E-state index in [0.717, 1.165) is 11.1 Å².